The molecule has 1 aliphatic rings. The van der Waals surface area contributed by atoms with Crippen LogP contribution in [0.15, 0.2) is 29.3 Å². The van der Waals surface area contributed by atoms with Crippen molar-refractivity contribution in [2.24, 2.45) is 10.7 Å². The van der Waals surface area contributed by atoms with E-state index >= 15 is 0 Å². The zero-order valence-corrected chi connectivity index (χ0v) is 12.0. The first kappa shape index (κ1) is 14.4. The Bertz CT molecular complexity index is 496. The standard InChI is InChI=1S/C15H21N3O2/c1-11(19)18(2)14-8-6-12(7-9-14)4-3-5-13-10-20-15(16)17-13/h6-9,13H,3-5,10H2,1-2H3,(H2,16,17). The van der Waals surface area contributed by atoms with Crippen molar-refractivity contribution < 1.29 is 9.53 Å². The molecular weight excluding hydrogens is 254 g/mol. The summed E-state index contributed by atoms with van der Waals surface area (Å²) < 4.78 is 5.12. The second kappa shape index (κ2) is 6.41. The van der Waals surface area contributed by atoms with E-state index in [4.69, 9.17) is 10.5 Å². The topological polar surface area (TPSA) is 67.9 Å². The van der Waals surface area contributed by atoms with Gasteiger partial charge in [-0.05, 0) is 37.0 Å². The van der Waals surface area contributed by atoms with Gasteiger partial charge in [0.05, 0.1) is 6.04 Å². The summed E-state index contributed by atoms with van der Waals surface area (Å²) in [5, 5.41) is 0. The monoisotopic (exact) mass is 275 g/mol. The third-order valence-electron chi connectivity index (χ3n) is 3.53. The lowest BCUT2D eigenvalue weighted by molar-refractivity contribution is -0.116. The average Bonchev–Trinajstić information content (AvgIpc) is 2.84. The van der Waals surface area contributed by atoms with E-state index in [0.29, 0.717) is 12.6 Å². The molecule has 20 heavy (non-hydrogen) atoms. The summed E-state index contributed by atoms with van der Waals surface area (Å²) >= 11 is 0. The Kier molecular flexibility index (Phi) is 4.61. The summed E-state index contributed by atoms with van der Waals surface area (Å²) in [4.78, 5) is 17.1. The van der Waals surface area contributed by atoms with Crippen LogP contribution in [-0.2, 0) is 16.0 Å². The number of rotatable bonds is 5. The van der Waals surface area contributed by atoms with Gasteiger partial charge in [0.2, 0.25) is 5.91 Å². The second-order valence-corrected chi connectivity index (χ2v) is 5.07. The van der Waals surface area contributed by atoms with Crippen LogP contribution in [0.4, 0.5) is 5.69 Å². The van der Waals surface area contributed by atoms with Crippen molar-refractivity contribution in [2.75, 3.05) is 18.6 Å². The van der Waals surface area contributed by atoms with E-state index < -0.39 is 0 Å². The SMILES string of the molecule is CC(=O)N(C)c1ccc(CCCC2COC(N)=N2)cc1. The number of aryl methyl sites for hydroxylation is 1. The van der Waals surface area contributed by atoms with Gasteiger partial charge in [-0.1, -0.05) is 12.1 Å². The van der Waals surface area contributed by atoms with Crippen molar-refractivity contribution in [3.8, 4) is 0 Å². The number of carbonyl (C=O) groups excluding carboxylic acids is 1. The molecule has 0 radical (unpaired) electrons. The zero-order valence-electron chi connectivity index (χ0n) is 12.0. The molecule has 2 rings (SSSR count). The number of benzene rings is 1. The minimum atomic E-state index is 0.0365. The van der Waals surface area contributed by atoms with E-state index in [0.717, 1.165) is 24.9 Å². The molecule has 1 aromatic carbocycles. The van der Waals surface area contributed by atoms with Gasteiger partial charge in [0, 0.05) is 19.7 Å². The van der Waals surface area contributed by atoms with E-state index in [1.165, 1.54) is 5.56 Å². The van der Waals surface area contributed by atoms with E-state index in [2.05, 4.69) is 17.1 Å². The molecule has 0 bridgehead atoms. The van der Waals surface area contributed by atoms with E-state index in [9.17, 15) is 4.79 Å². The Morgan fingerprint density at radius 1 is 1.45 bits per heavy atom. The number of nitrogens with zero attached hydrogens (tertiary/aromatic N) is 2. The molecular formula is C15H21N3O2. The van der Waals surface area contributed by atoms with Gasteiger partial charge in [-0.25, -0.2) is 4.99 Å². The van der Waals surface area contributed by atoms with Crippen LogP contribution in [0, 0.1) is 0 Å². The summed E-state index contributed by atoms with van der Waals surface area (Å²) in [6, 6.07) is 8.61. The highest BCUT2D eigenvalue weighted by Crippen LogP contribution is 2.16. The van der Waals surface area contributed by atoms with Crippen molar-refractivity contribution in [3.63, 3.8) is 0 Å². The Balaban J connectivity index is 1.80. The van der Waals surface area contributed by atoms with Crippen LogP contribution in [0.1, 0.15) is 25.3 Å². The number of hydrogen-bond acceptors (Lipinski definition) is 4. The number of nitrogens with two attached hydrogens (primary N) is 1. The molecule has 1 unspecified atom stereocenters. The van der Waals surface area contributed by atoms with Gasteiger partial charge in [0.1, 0.15) is 6.61 Å². The lowest BCUT2D eigenvalue weighted by Crippen LogP contribution is -2.22. The number of aliphatic imine (C=N–C) groups is 1. The molecule has 5 nitrogen and oxygen atoms in total. The fourth-order valence-corrected chi connectivity index (χ4v) is 2.19. The van der Waals surface area contributed by atoms with E-state index in [1.54, 1.807) is 18.9 Å². The van der Waals surface area contributed by atoms with E-state index in [-0.39, 0.29) is 11.9 Å². The highest BCUT2D eigenvalue weighted by molar-refractivity contribution is 5.90. The summed E-state index contributed by atoms with van der Waals surface area (Å²) in [6.07, 6.45) is 3.03. The number of hydrogen-bond donors (Lipinski definition) is 1. The van der Waals surface area contributed by atoms with Gasteiger partial charge >= 0.3 is 0 Å². The first-order chi connectivity index (χ1) is 9.56. The van der Waals surface area contributed by atoms with Gasteiger partial charge in [0.25, 0.3) is 6.02 Å². The van der Waals surface area contributed by atoms with Gasteiger partial charge in [-0.3, -0.25) is 4.79 Å². The molecule has 0 spiro atoms. The summed E-state index contributed by atoms with van der Waals surface area (Å²) in [5.74, 6) is 0.0365. The van der Waals surface area contributed by atoms with Gasteiger partial charge < -0.3 is 15.4 Å². The molecule has 2 N–H and O–H groups in total. The third-order valence-corrected chi connectivity index (χ3v) is 3.53. The predicted octanol–water partition coefficient (Wildman–Crippen LogP) is 1.71. The molecule has 0 saturated heterocycles. The first-order valence-electron chi connectivity index (χ1n) is 6.85. The van der Waals surface area contributed by atoms with Crippen molar-refractivity contribution in [1.82, 2.24) is 0 Å². The van der Waals surface area contributed by atoms with Crippen LogP contribution in [0.2, 0.25) is 0 Å². The number of carbonyl (C=O) groups is 1. The fraction of sp³-hybridized carbons (Fsp3) is 0.467. The van der Waals surface area contributed by atoms with Gasteiger partial charge in [-0.2, -0.15) is 0 Å². The molecule has 0 saturated carbocycles. The Morgan fingerprint density at radius 2 is 2.15 bits per heavy atom. The Labute approximate surface area is 119 Å². The van der Waals surface area contributed by atoms with Crippen LogP contribution >= 0.6 is 0 Å². The Morgan fingerprint density at radius 3 is 2.70 bits per heavy atom. The van der Waals surface area contributed by atoms with Gasteiger partial charge in [-0.15, -0.1) is 0 Å². The molecule has 1 heterocycles. The van der Waals surface area contributed by atoms with Crippen LogP contribution in [0.25, 0.3) is 0 Å². The molecule has 1 amide bonds. The highest BCUT2D eigenvalue weighted by atomic mass is 16.5. The predicted molar refractivity (Wildman–Crippen MR) is 79.8 cm³/mol. The third kappa shape index (κ3) is 3.73. The maximum absolute atomic E-state index is 11.3. The second-order valence-electron chi connectivity index (χ2n) is 5.07. The summed E-state index contributed by atoms with van der Waals surface area (Å²) in [7, 11) is 1.78. The molecule has 0 fully saturated rings. The maximum Gasteiger partial charge on any atom is 0.282 e. The largest absolute Gasteiger partial charge is 0.463 e. The molecule has 1 aliphatic heterocycles. The van der Waals surface area contributed by atoms with Crippen molar-refractivity contribution >= 4 is 17.6 Å². The lowest BCUT2D eigenvalue weighted by Gasteiger charge is -2.15. The van der Waals surface area contributed by atoms with E-state index in [1.807, 2.05) is 12.1 Å². The van der Waals surface area contributed by atoms with Crippen LogP contribution in [-0.4, -0.2) is 31.6 Å². The van der Waals surface area contributed by atoms with Crippen molar-refractivity contribution in [1.29, 1.82) is 0 Å². The maximum atomic E-state index is 11.3. The average molecular weight is 275 g/mol. The fourth-order valence-electron chi connectivity index (χ4n) is 2.19. The highest BCUT2D eigenvalue weighted by Gasteiger charge is 2.15. The van der Waals surface area contributed by atoms with Crippen LogP contribution in [0.3, 0.4) is 0 Å². The lowest BCUT2D eigenvalue weighted by atomic mass is 10.0. The number of ether oxygens (including phenoxy) is 1. The number of amidine groups is 1. The van der Waals surface area contributed by atoms with Crippen LogP contribution < -0.4 is 10.6 Å². The number of anilines is 1. The summed E-state index contributed by atoms with van der Waals surface area (Å²) in [6.45, 7) is 2.16. The summed E-state index contributed by atoms with van der Waals surface area (Å²) in [5.41, 5.74) is 7.66. The molecule has 108 valence electrons. The zero-order chi connectivity index (χ0) is 14.5. The molecule has 0 aliphatic carbocycles. The Hall–Kier alpha value is -2.04. The van der Waals surface area contributed by atoms with Crippen molar-refractivity contribution in [3.05, 3.63) is 29.8 Å². The molecule has 0 aromatic heterocycles. The van der Waals surface area contributed by atoms with Crippen LogP contribution in [0.5, 0.6) is 0 Å². The minimum Gasteiger partial charge on any atom is -0.463 e. The normalized spacial score (nSPS) is 17.5. The molecule has 1 atom stereocenters. The first-order valence-corrected chi connectivity index (χ1v) is 6.85. The quantitative estimate of drug-likeness (QED) is 0.889. The molecule has 1 aromatic rings. The smallest absolute Gasteiger partial charge is 0.282 e. The van der Waals surface area contributed by atoms with Crippen molar-refractivity contribution in [2.45, 2.75) is 32.2 Å². The number of amides is 1. The molecule has 5 heteroatoms. The minimum absolute atomic E-state index is 0.0365. The van der Waals surface area contributed by atoms with Gasteiger partial charge in [0.15, 0.2) is 0 Å².